The number of rotatable bonds is 3. The molecule has 0 aliphatic rings. The van der Waals surface area contributed by atoms with Crippen molar-refractivity contribution in [2.75, 3.05) is 5.32 Å². The molecule has 1 heterocycles. The standard InChI is InChI=1S/C14H12BrN3O3/c1-8-6-13(16-7-11(8)15)17-14(19)10-4-3-5-12(9(10)2)18(20)21/h3-7H,1-2H3,(H,16,17,19). The number of pyridine rings is 1. The maximum absolute atomic E-state index is 12.2. The van der Waals surface area contributed by atoms with Crippen LogP contribution in [0, 0.1) is 24.0 Å². The van der Waals surface area contributed by atoms with Gasteiger partial charge in [-0.05, 0) is 47.5 Å². The molecule has 1 amide bonds. The van der Waals surface area contributed by atoms with Crippen LogP contribution in [0.2, 0.25) is 0 Å². The number of nitro groups is 1. The summed E-state index contributed by atoms with van der Waals surface area (Å²) >= 11 is 3.33. The van der Waals surface area contributed by atoms with Gasteiger partial charge in [-0.3, -0.25) is 14.9 Å². The summed E-state index contributed by atoms with van der Waals surface area (Å²) in [6, 6.07) is 6.12. The number of hydrogen-bond acceptors (Lipinski definition) is 4. The molecule has 0 aliphatic carbocycles. The summed E-state index contributed by atoms with van der Waals surface area (Å²) in [4.78, 5) is 26.7. The molecule has 0 radical (unpaired) electrons. The molecule has 0 bridgehead atoms. The molecule has 1 N–H and O–H groups in total. The number of amides is 1. The van der Waals surface area contributed by atoms with Crippen LogP contribution in [-0.2, 0) is 0 Å². The van der Waals surface area contributed by atoms with Gasteiger partial charge in [0.25, 0.3) is 11.6 Å². The Morgan fingerprint density at radius 2 is 2.10 bits per heavy atom. The van der Waals surface area contributed by atoms with Crippen LogP contribution < -0.4 is 5.32 Å². The number of carbonyl (C=O) groups excluding carboxylic acids is 1. The largest absolute Gasteiger partial charge is 0.307 e. The summed E-state index contributed by atoms with van der Waals surface area (Å²) in [5, 5.41) is 13.5. The Kier molecular flexibility index (Phi) is 4.32. The summed E-state index contributed by atoms with van der Waals surface area (Å²) in [6.07, 6.45) is 1.59. The highest BCUT2D eigenvalue weighted by Gasteiger charge is 2.18. The molecule has 1 aromatic heterocycles. The van der Waals surface area contributed by atoms with Gasteiger partial charge in [0, 0.05) is 27.9 Å². The first-order valence-electron chi connectivity index (χ1n) is 6.07. The van der Waals surface area contributed by atoms with Crippen molar-refractivity contribution >= 4 is 33.3 Å². The normalized spacial score (nSPS) is 10.2. The summed E-state index contributed by atoms with van der Waals surface area (Å²) in [5.41, 5.74) is 1.43. The lowest BCUT2D eigenvalue weighted by molar-refractivity contribution is -0.385. The van der Waals surface area contributed by atoms with Gasteiger partial charge in [0.2, 0.25) is 0 Å². The second-order valence-electron chi connectivity index (χ2n) is 4.48. The molecule has 108 valence electrons. The van der Waals surface area contributed by atoms with E-state index >= 15 is 0 Å². The maximum atomic E-state index is 12.2. The Labute approximate surface area is 129 Å². The number of anilines is 1. The Morgan fingerprint density at radius 3 is 2.71 bits per heavy atom. The first kappa shape index (κ1) is 15.1. The van der Waals surface area contributed by atoms with E-state index in [1.807, 2.05) is 6.92 Å². The van der Waals surface area contributed by atoms with Crippen LogP contribution in [0.15, 0.2) is 34.9 Å². The number of carbonyl (C=O) groups is 1. The molecule has 1 aromatic carbocycles. The van der Waals surface area contributed by atoms with Gasteiger partial charge in [0.1, 0.15) is 5.82 Å². The average Bonchev–Trinajstić information content (AvgIpc) is 2.42. The number of aryl methyl sites for hydroxylation is 1. The molecule has 0 saturated heterocycles. The Bertz CT molecular complexity index is 731. The quantitative estimate of drug-likeness (QED) is 0.677. The zero-order valence-corrected chi connectivity index (χ0v) is 13.0. The summed E-state index contributed by atoms with van der Waals surface area (Å²) in [5.74, 6) is -0.0305. The van der Waals surface area contributed by atoms with E-state index in [0.29, 0.717) is 11.4 Å². The minimum Gasteiger partial charge on any atom is -0.307 e. The smallest absolute Gasteiger partial charge is 0.273 e. The van der Waals surface area contributed by atoms with Crippen molar-refractivity contribution in [1.82, 2.24) is 4.98 Å². The molecule has 0 atom stereocenters. The fourth-order valence-electron chi connectivity index (χ4n) is 1.86. The predicted octanol–water partition coefficient (Wildman–Crippen LogP) is 3.62. The Balaban J connectivity index is 2.30. The van der Waals surface area contributed by atoms with E-state index in [2.05, 4.69) is 26.2 Å². The Hall–Kier alpha value is -2.28. The van der Waals surface area contributed by atoms with Crippen molar-refractivity contribution in [2.24, 2.45) is 0 Å². The summed E-state index contributed by atoms with van der Waals surface area (Å²) in [7, 11) is 0. The zero-order valence-electron chi connectivity index (χ0n) is 11.4. The first-order valence-corrected chi connectivity index (χ1v) is 6.87. The highest BCUT2D eigenvalue weighted by Crippen LogP contribution is 2.22. The molecular formula is C14H12BrN3O3. The predicted molar refractivity (Wildman–Crippen MR) is 82.5 cm³/mol. The Morgan fingerprint density at radius 1 is 1.38 bits per heavy atom. The molecule has 2 rings (SSSR count). The van der Waals surface area contributed by atoms with Crippen molar-refractivity contribution in [3.8, 4) is 0 Å². The lowest BCUT2D eigenvalue weighted by atomic mass is 10.1. The van der Waals surface area contributed by atoms with E-state index in [4.69, 9.17) is 0 Å². The fraction of sp³-hybridized carbons (Fsp3) is 0.143. The maximum Gasteiger partial charge on any atom is 0.273 e. The average molecular weight is 350 g/mol. The number of halogens is 1. The van der Waals surface area contributed by atoms with Gasteiger partial charge in [-0.2, -0.15) is 0 Å². The summed E-state index contributed by atoms with van der Waals surface area (Å²) in [6.45, 7) is 3.42. The van der Waals surface area contributed by atoms with Crippen LogP contribution in [0.5, 0.6) is 0 Å². The van der Waals surface area contributed by atoms with Gasteiger partial charge in [-0.15, -0.1) is 0 Å². The number of nitro benzene ring substituents is 1. The van der Waals surface area contributed by atoms with Crippen molar-refractivity contribution in [2.45, 2.75) is 13.8 Å². The van der Waals surface area contributed by atoms with Crippen molar-refractivity contribution in [3.63, 3.8) is 0 Å². The van der Waals surface area contributed by atoms with Crippen LogP contribution in [-0.4, -0.2) is 15.8 Å². The molecule has 6 nitrogen and oxygen atoms in total. The van der Waals surface area contributed by atoms with Crippen LogP contribution in [0.4, 0.5) is 11.5 Å². The monoisotopic (exact) mass is 349 g/mol. The van der Waals surface area contributed by atoms with E-state index in [1.54, 1.807) is 25.3 Å². The van der Waals surface area contributed by atoms with E-state index in [0.717, 1.165) is 10.0 Å². The van der Waals surface area contributed by atoms with E-state index < -0.39 is 10.8 Å². The van der Waals surface area contributed by atoms with Crippen molar-refractivity contribution < 1.29 is 9.72 Å². The third-order valence-electron chi connectivity index (χ3n) is 3.04. The molecular weight excluding hydrogens is 338 g/mol. The molecule has 2 aromatic rings. The number of hydrogen-bond donors (Lipinski definition) is 1. The number of nitrogens with one attached hydrogen (secondary N) is 1. The second kappa shape index (κ2) is 6.01. The van der Waals surface area contributed by atoms with Crippen LogP contribution in [0.25, 0.3) is 0 Å². The van der Waals surface area contributed by atoms with Crippen LogP contribution >= 0.6 is 15.9 Å². The molecule has 7 heteroatoms. The van der Waals surface area contributed by atoms with E-state index in [9.17, 15) is 14.9 Å². The van der Waals surface area contributed by atoms with Gasteiger partial charge in [0.05, 0.1) is 4.92 Å². The number of benzene rings is 1. The van der Waals surface area contributed by atoms with Crippen molar-refractivity contribution in [1.29, 1.82) is 0 Å². The fourth-order valence-corrected chi connectivity index (χ4v) is 2.08. The second-order valence-corrected chi connectivity index (χ2v) is 5.33. The van der Waals surface area contributed by atoms with E-state index in [-0.39, 0.29) is 11.3 Å². The van der Waals surface area contributed by atoms with Crippen LogP contribution in [0.1, 0.15) is 21.5 Å². The number of nitrogens with zero attached hydrogens (tertiary/aromatic N) is 2. The van der Waals surface area contributed by atoms with Gasteiger partial charge in [-0.1, -0.05) is 6.07 Å². The SMILES string of the molecule is Cc1cc(NC(=O)c2cccc([N+](=O)[O-])c2C)ncc1Br. The molecule has 0 unspecified atom stereocenters. The van der Waals surface area contributed by atoms with Gasteiger partial charge in [0.15, 0.2) is 0 Å². The lowest BCUT2D eigenvalue weighted by Crippen LogP contribution is -2.15. The first-order chi connectivity index (χ1) is 9.90. The minimum atomic E-state index is -0.506. The lowest BCUT2D eigenvalue weighted by Gasteiger charge is -2.08. The van der Waals surface area contributed by atoms with Gasteiger partial charge < -0.3 is 5.32 Å². The molecule has 21 heavy (non-hydrogen) atoms. The topological polar surface area (TPSA) is 85.1 Å². The minimum absolute atomic E-state index is 0.0809. The highest BCUT2D eigenvalue weighted by atomic mass is 79.9. The highest BCUT2D eigenvalue weighted by molar-refractivity contribution is 9.10. The van der Waals surface area contributed by atoms with Crippen molar-refractivity contribution in [3.05, 3.63) is 61.7 Å². The molecule has 0 fully saturated rings. The molecule has 0 spiro atoms. The zero-order chi connectivity index (χ0) is 15.6. The van der Waals surface area contributed by atoms with Crippen LogP contribution in [0.3, 0.4) is 0 Å². The third-order valence-corrected chi connectivity index (χ3v) is 3.87. The van der Waals surface area contributed by atoms with E-state index in [1.165, 1.54) is 12.1 Å². The molecule has 0 aliphatic heterocycles. The molecule has 0 saturated carbocycles. The van der Waals surface area contributed by atoms with Gasteiger partial charge >= 0.3 is 0 Å². The summed E-state index contributed by atoms with van der Waals surface area (Å²) < 4.78 is 0.840. The van der Waals surface area contributed by atoms with Gasteiger partial charge in [-0.25, -0.2) is 4.98 Å². The third kappa shape index (κ3) is 3.25. The number of aromatic nitrogens is 1.